The van der Waals surface area contributed by atoms with Gasteiger partial charge in [0.25, 0.3) is 5.91 Å². The Morgan fingerprint density at radius 2 is 1.61 bits per heavy atom. The molecule has 1 amide bonds. The van der Waals surface area contributed by atoms with Crippen LogP contribution in [0, 0.1) is 5.41 Å². The van der Waals surface area contributed by atoms with Crippen molar-refractivity contribution < 1.29 is 14.7 Å². The van der Waals surface area contributed by atoms with Crippen molar-refractivity contribution in [1.29, 1.82) is 0 Å². The molecule has 3 aromatic carbocycles. The molecule has 0 spiro atoms. The molecule has 0 aromatic heterocycles. The highest BCUT2D eigenvalue weighted by molar-refractivity contribution is 8.26. The molecule has 2 aliphatic rings. The van der Waals surface area contributed by atoms with Crippen LogP contribution in [-0.2, 0) is 16.0 Å². The van der Waals surface area contributed by atoms with Crippen molar-refractivity contribution in [3.05, 3.63) is 101 Å². The zero-order valence-corrected chi connectivity index (χ0v) is 19.3. The number of hydrogen-bond donors (Lipinski definition) is 1. The molecule has 1 heterocycles. The molecule has 2 unspecified atom stereocenters. The third kappa shape index (κ3) is 4.12. The Hall–Kier alpha value is -3.22. The quantitative estimate of drug-likeness (QED) is 0.372. The van der Waals surface area contributed by atoms with E-state index in [-0.39, 0.29) is 5.91 Å². The molecular formula is C27H21NO3S2. The third-order valence-corrected chi connectivity index (χ3v) is 7.60. The summed E-state index contributed by atoms with van der Waals surface area (Å²) in [5, 5.41) is 9.99. The number of carboxylic acids is 1. The first-order chi connectivity index (χ1) is 16.0. The van der Waals surface area contributed by atoms with E-state index in [1.165, 1.54) is 16.7 Å². The van der Waals surface area contributed by atoms with E-state index in [9.17, 15) is 14.7 Å². The molecule has 1 saturated carbocycles. The van der Waals surface area contributed by atoms with E-state index < -0.39 is 17.4 Å². The Bertz CT molecular complexity index is 1260. The number of nitrogens with zero attached hydrogens (tertiary/aromatic N) is 1. The number of rotatable bonds is 6. The van der Waals surface area contributed by atoms with Gasteiger partial charge in [0.1, 0.15) is 4.32 Å². The summed E-state index contributed by atoms with van der Waals surface area (Å²) in [6.07, 6.45) is 2.61. The second-order valence-corrected chi connectivity index (χ2v) is 10.1. The lowest BCUT2D eigenvalue weighted by Gasteiger charge is -2.19. The minimum absolute atomic E-state index is 0.210. The van der Waals surface area contributed by atoms with Crippen molar-refractivity contribution >= 4 is 46.3 Å². The Balaban J connectivity index is 1.35. The van der Waals surface area contributed by atoms with Crippen LogP contribution in [0.25, 0.3) is 17.2 Å². The van der Waals surface area contributed by atoms with Crippen LogP contribution in [-0.4, -0.2) is 32.2 Å². The van der Waals surface area contributed by atoms with Gasteiger partial charge in [-0.15, -0.1) is 0 Å². The fourth-order valence-electron chi connectivity index (χ4n) is 4.38. The number of thiocarbonyl (C=S) groups is 1. The first-order valence-electron chi connectivity index (χ1n) is 10.7. The number of benzene rings is 3. The molecule has 4 nitrogen and oxygen atoms in total. The van der Waals surface area contributed by atoms with Gasteiger partial charge in [-0.25, -0.2) is 0 Å². The number of carbonyl (C=O) groups is 2. The van der Waals surface area contributed by atoms with Gasteiger partial charge < -0.3 is 5.11 Å². The highest BCUT2D eigenvalue weighted by atomic mass is 32.2. The summed E-state index contributed by atoms with van der Waals surface area (Å²) < 4.78 is 0.424. The Kier molecular flexibility index (Phi) is 5.64. The van der Waals surface area contributed by atoms with Crippen LogP contribution >= 0.6 is 24.0 Å². The summed E-state index contributed by atoms with van der Waals surface area (Å²) in [6.45, 7) is 0. The molecule has 0 bridgehead atoms. The number of carboxylic acid groups (broad SMARTS) is 1. The molecule has 0 radical (unpaired) electrons. The van der Waals surface area contributed by atoms with Crippen molar-refractivity contribution in [3.8, 4) is 11.1 Å². The van der Waals surface area contributed by atoms with Crippen molar-refractivity contribution in [2.45, 2.75) is 18.9 Å². The van der Waals surface area contributed by atoms with Crippen molar-refractivity contribution in [1.82, 2.24) is 4.90 Å². The van der Waals surface area contributed by atoms with E-state index in [0.717, 1.165) is 22.3 Å². The van der Waals surface area contributed by atoms with Crippen molar-refractivity contribution in [2.75, 3.05) is 0 Å². The standard InChI is InChI=1S/C27H21NO3S2/c29-24-22(15-18-11-13-21(14-12-18)20-9-5-2-6-10-20)33-26(32)28(24)23-17-27(23,25(30)31)16-19-7-3-1-4-8-19/h1-15,23H,16-17H2,(H,30,31)/b22-15-. The van der Waals surface area contributed by atoms with Gasteiger partial charge in [-0.2, -0.15) is 0 Å². The van der Waals surface area contributed by atoms with Crippen LogP contribution in [0.1, 0.15) is 17.5 Å². The molecular weight excluding hydrogens is 450 g/mol. The SMILES string of the molecule is O=C1/C(=C/c2ccc(-c3ccccc3)cc2)SC(=S)N1C1CC1(Cc1ccccc1)C(=O)O. The summed E-state index contributed by atoms with van der Waals surface area (Å²) in [7, 11) is 0. The second-order valence-electron chi connectivity index (χ2n) is 8.38. The Morgan fingerprint density at radius 3 is 2.24 bits per heavy atom. The summed E-state index contributed by atoms with van der Waals surface area (Å²) in [5.74, 6) is -1.09. The molecule has 164 valence electrons. The zero-order valence-electron chi connectivity index (χ0n) is 17.7. The molecule has 5 rings (SSSR count). The largest absolute Gasteiger partial charge is 0.481 e. The van der Waals surface area contributed by atoms with Crippen LogP contribution in [0.15, 0.2) is 89.8 Å². The Labute approximate surface area is 201 Å². The van der Waals surface area contributed by atoms with Gasteiger partial charge in [0.15, 0.2) is 0 Å². The third-order valence-electron chi connectivity index (χ3n) is 6.27. The fourth-order valence-corrected chi connectivity index (χ4v) is 5.74. The molecule has 2 fully saturated rings. The van der Waals surface area contributed by atoms with Gasteiger partial charge in [-0.3, -0.25) is 14.5 Å². The summed E-state index contributed by atoms with van der Waals surface area (Å²) in [5.41, 5.74) is 3.09. The highest BCUT2D eigenvalue weighted by Gasteiger charge is 2.65. The maximum Gasteiger partial charge on any atom is 0.312 e. The van der Waals surface area contributed by atoms with Gasteiger partial charge in [0.2, 0.25) is 0 Å². The molecule has 1 aliphatic heterocycles. The summed E-state index contributed by atoms with van der Waals surface area (Å²) in [4.78, 5) is 27.4. The second kappa shape index (κ2) is 8.61. The Morgan fingerprint density at radius 1 is 1.00 bits per heavy atom. The summed E-state index contributed by atoms with van der Waals surface area (Å²) in [6, 6.07) is 27.2. The predicted molar refractivity (Wildman–Crippen MR) is 136 cm³/mol. The predicted octanol–water partition coefficient (Wildman–Crippen LogP) is 5.64. The topological polar surface area (TPSA) is 57.6 Å². The molecule has 33 heavy (non-hydrogen) atoms. The number of aliphatic carboxylic acids is 1. The van der Waals surface area contributed by atoms with Crippen molar-refractivity contribution in [3.63, 3.8) is 0 Å². The van der Waals surface area contributed by atoms with Crippen LogP contribution in [0.3, 0.4) is 0 Å². The molecule has 3 aromatic rings. The maximum atomic E-state index is 13.2. The maximum absolute atomic E-state index is 13.2. The first kappa shape index (κ1) is 21.6. The number of thioether (sulfide) groups is 1. The lowest BCUT2D eigenvalue weighted by Crippen LogP contribution is -2.37. The van der Waals surface area contributed by atoms with Gasteiger partial charge >= 0.3 is 5.97 Å². The highest BCUT2D eigenvalue weighted by Crippen LogP contribution is 2.55. The molecule has 1 N–H and O–H groups in total. The van der Waals surface area contributed by atoms with Crippen LogP contribution in [0.2, 0.25) is 0 Å². The molecule has 1 saturated heterocycles. The van der Waals surface area contributed by atoms with Gasteiger partial charge in [0, 0.05) is 0 Å². The minimum atomic E-state index is -0.992. The number of amides is 1. The lowest BCUT2D eigenvalue weighted by molar-refractivity contribution is -0.144. The first-order valence-corrected chi connectivity index (χ1v) is 11.9. The zero-order chi connectivity index (χ0) is 23.0. The van der Waals surface area contributed by atoms with Crippen molar-refractivity contribution in [2.24, 2.45) is 5.41 Å². The average Bonchev–Trinajstić information content (AvgIpc) is 3.47. The van der Waals surface area contributed by atoms with Gasteiger partial charge in [-0.1, -0.05) is 109 Å². The van der Waals surface area contributed by atoms with E-state index in [2.05, 4.69) is 12.1 Å². The lowest BCUT2D eigenvalue weighted by atomic mass is 9.95. The van der Waals surface area contributed by atoms with E-state index >= 15 is 0 Å². The van der Waals surface area contributed by atoms with Gasteiger partial charge in [-0.05, 0) is 41.2 Å². The van der Waals surface area contributed by atoms with E-state index in [1.54, 1.807) is 0 Å². The number of hydrogen-bond acceptors (Lipinski definition) is 4. The number of carbonyl (C=O) groups excluding carboxylic acids is 1. The van der Waals surface area contributed by atoms with Crippen LogP contribution in [0.5, 0.6) is 0 Å². The minimum Gasteiger partial charge on any atom is -0.481 e. The van der Waals surface area contributed by atoms with Crippen LogP contribution < -0.4 is 0 Å². The van der Waals surface area contributed by atoms with E-state index in [4.69, 9.17) is 12.2 Å². The van der Waals surface area contributed by atoms with E-state index in [0.29, 0.717) is 22.1 Å². The molecule has 6 heteroatoms. The smallest absolute Gasteiger partial charge is 0.312 e. The fraction of sp³-hybridized carbons (Fsp3) is 0.148. The van der Waals surface area contributed by atoms with Gasteiger partial charge in [0.05, 0.1) is 16.4 Å². The monoisotopic (exact) mass is 471 g/mol. The summed E-state index contributed by atoms with van der Waals surface area (Å²) >= 11 is 6.74. The normalized spacial score (nSPS) is 23.2. The average molecular weight is 472 g/mol. The van der Waals surface area contributed by atoms with Crippen LogP contribution in [0.4, 0.5) is 0 Å². The van der Waals surface area contributed by atoms with E-state index in [1.807, 2.05) is 78.9 Å². The molecule has 1 aliphatic carbocycles. The molecule has 2 atom stereocenters.